The Morgan fingerprint density at radius 3 is 2.31 bits per heavy atom. The molecule has 0 aliphatic rings. The second-order valence-corrected chi connectivity index (χ2v) is 4.73. The van der Waals surface area contributed by atoms with E-state index >= 15 is 0 Å². The predicted octanol–water partition coefficient (Wildman–Crippen LogP) is 3.02. The van der Waals surface area contributed by atoms with E-state index in [1.807, 2.05) is 20.8 Å². The Kier molecular flexibility index (Phi) is 3.93. The largest absolute Gasteiger partial charge is 0.281 e. The van der Waals surface area contributed by atoms with Crippen molar-refractivity contribution in [1.82, 2.24) is 5.12 Å². The molecule has 1 aromatic rings. The molecule has 1 aromatic carbocycles. The molecule has 0 saturated heterocycles. The van der Waals surface area contributed by atoms with Crippen molar-refractivity contribution in [1.29, 1.82) is 0 Å². The zero-order chi connectivity index (χ0) is 12.2. The molecule has 0 fully saturated rings. The molecular weight excluding hydrogens is 226 g/mol. The Labute approximate surface area is 99.9 Å². The first kappa shape index (κ1) is 12.6. The molecular formula is C11H14ClN3O. The number of hydrazone groups is 1. The van der Waals surface area contributed by atoms with Crippen LogP contribution in [0.2, 0.25) is 5.02 Å². The van der Waals surface area contributed by atoms with Crippen molar-refractivity contribution in [3.05, 3.63) is 29.3 Å². The molecule has 0 spiro atoms. The Morgan fingerprint density at radius 2 is 1.88 bits per heavy atom. The third-order valence-corrected chi connectivity index (χ3v) is 2.11. The molecule has 0 unspecified atom stereocenters. The van der Waals surface area contributed by atoms with E-state index in [-0.39, 0.29) is 5.54 Å². The Morgan fingerprint density at radius 1 is 1.31 bits per heavy atom. The third kappa shape index (κ3) is 3.57. The van der Waals surface area contributed by atoms with Crippen molar-refractivity contribution in [3.8, 4) is 0 Å². The summed E-state index contributed by atoms with van der Waals surface area (Å²) in [6, 6.07) is 7.13. The first-order valence-electron chi connectivity index (χ1n) is 4.84. The molecule has 0 radical (unpaired) electrons. The van der Waals surface area contributed by atoms with Crippen molar-refractivity contribution >= 4 is 23.4 Å². The lowest BCUT2D eigenvalue weighted by Crippen LogP contribution is -2.41. The molecule has 0 bridgehead atoms. The molecule has 16 heavy (non-hydrogen) atoms. The minimum Gasteiger partial charge on any atom is -0.281 e. The van der Waals surface area contributed by atoms with Crippen LogP contribution in [0, 0.1) is 0 Å². The fourth-order valence-electron chi connectivity index (χ4n) is 1.03. The highest BCUT2D eigenvalue weighted by Gasteiger charge is 2.20. The maximum absolute atomic E-state index is 10.3. The summed E-state index contributed by atoms with van der Waals surface area (Å²) in [6.45, 7) is 5.78. The van der Waals surface area contributed by atoms with Crippen molar-refractivity contribution in [2.75, 3.05) is 5.43 Å². The molecule has 0 amide bonds. The van der Waals surface area contributed by atoms with E-state index in [4.69, 9.17) is 11.6 Å². The first-order valence-corrected chi connectivity index (χ1v) is 5.21. The van der Waals surface area contributed by atoms with Crippen molar-refractivity contribution in [2.24, 2.45) is 5.10 Å². The molecule has 1 rings (SSSR count). The molecule has 1 N–H and O–H groups in total. The summed E-state index contributed by atoms with van der Waals surface area (Å²) >= 11 is 5.77. The SMILES string of the molecule is CC(C)(C)N(N=C=O)Nc1ccc(Cl)cc1. The normalized spacial score (nSPS) is 10.5. The van der Waals surface area contributed by atoms with Gasteiger partial charge in [-0.3, -0.25) is 5.43 Å². The lowest BCUT2D eigenvalue weighted by atomic mass is 10.1. The van der Waals surface area contributed by atoms with Gasteiger partial charge in [0.05, 0.1) is 11.2 Å². The number of nitrogens with one attached hydrogen (secondary N) is 1. The molecule has 4 nitrogen and oxygen atoms in total. The van der Waals surface area contributed by atoms with Crippen LogP contribution in [0.4, 0.5) is 5.69 Å². The zero-order valence-corrected chi connectivity index (χ0v) is 10.2. The van der Waals surface area contributed by atoms with E-state index in [9.17, 15) is 4.79 Å². The summed E-state index contributed by atoms with van der Waals surface area (Å²) < 4.78 is 0. The van der Waals surface area contributed by atoms with E-state index in [0.29, 0.717) is 5.02 Å². The summed E-state index contributed by atoms with van der Waals surface area (Å²) in [5.74, 6) is 0. The average Bonchev–Trinajstić information content (AvgIpc) is 2.19. The fraction of sp³-hybridized carbons (Fsp3) is 0.364. The smallest absolute Gasteiger partial charge is 0.259 e. The average molecular weight is 240 g/mol. The van der Waals surface area contributed by atoms with Gasteiger partial charge in [-0.15, -0.1) is 0 Å². The van der Waals surface area contributed by atoms with Gasteiger partial charge in [0.15, 0.2) is 0 Å². The van der Waals surface area contributed by atoms with Crippen LogP contribution in [-0.2, 0) is 4.79 Å². The summed E-state index contributed by atoms with van der Waals surface area (Å²) in [6.07, 6.45) is 1.52. The van der Waals surface area contributed by atoms with Gasteiger partial charge in [-0.05, 0) is 45.0 Å². The fourth-order valence-corrected chi connectivity index (χ4v) is 1.16. The number of hydrogen-bond acceptors (Lipinski definition) is 4. The van der Waals surface area contributed by atoms with E-state index in [1.54, 1.807) is 24.3 Å². The number of hydrazine groups is 1. The molecule has 0 aromatic heterocycles. The molecule has 5 heteroatoms. The van der Waals surface area contributed by atoms with Gasteiger partial charge >= 0.3 is 0 Å². The zero-order valence-electron chi connectivity index (χ0n) is 9.49. The van der Waals surface area contributed by atoms with Gasteiger partial charge < -0.3 is 0 Å². The Hall–Kier alpha value is -1.51. The van der Waals surface area contributed by atoms with Crippen molar-refractivity contribution in [3.63, 3.8) is 0 Å². The van der Waals surface area contributed by atoms with Gasteiger partial charge in [0.1, 0.15) is 0 Å². The summed E-state index contributed by atoms with van der Waals surface area (Å²) in [5.41, 5.74) is 3.47. The number of halogens is 1. The maximum atomic E-state index is 10.3. The number of carbonyl (C=O) groups excluding carboxylic acids is 1. The van der Waals surface area contributed by atoms with Crippen molar-refractivity contribution in [2.45, 2.75) is 26.3 Å². The molecule has 0 aliphatic carbocycles. The molecule has 0 heterocycles. The van der Waals surface area contributed by atoms with Gasteiger partial charge in [-0.25, -0.2) is 4.79 Å². The van der Waals surface area contributed by atoms with Crippen LogP contribution in [0.3, 0.4) is 0 Å². The summed E-state index contributed by atoms with van der Waals surface area (Å²) in [7, 11) is 0. The monoisotopic (exact) mass is 239 g/mol. The number of anilines is 1. The number of hydrogen-bond donors (Lipinski definition) is 1. The lowest BCUT2D eigenvalue weighted by molar-refractivity contribution is 0.180. The number of nitrogens with zero attached hydrogens (tertiary/aromatic N) is 2. The van der Waals surface area contributed by atoms with Crippen LogP contribution in [0.25, 0.3) is 0 Å². The van der Waals surface area contributed by atoms with Crippen LogP contribution in [-0.4, -0.2) is 16.7 Å². The molecule has 0 saturated carbocycles. The Bertz CT molecular complexity index is 391. The quantitative estimate of drug-likeness (QED) is 0.501. The van der Waals surface area contributed by atoms with E-state index in [0.717, 1.165) is 5.69 Å². The van der Waals surface area contributed by atoms with Gasteiger partial charge in [-0.2, -0.15) is 5.12 Å². The highest BCUT2D eigenvalue weighted by atomic mass is 35.5. The molecule has 0 atom stereocenters. The van der Waals surface area contributed by atoms with Gasteiger partial charge in [0.25, 0.3) is 6.08 Å². The first-order chi connectivity index (χ1) is 7.43. The highest BCUT2D eigenvalue weighted by molar-refractivity contribution is 6.30. The topological polar surface area (TPSA) is 44.7 Å². The van der Waals surface area contributed by atoms with Gasteiger partial charge in [-0.1, -0.05) is 16.7 Å². The molecule has 86 valence electrons. The van der Waals surface area contributed by atoms with E-state index in [1.165, 1.54) is 11.2 Å². The second kappa shape index (κ2) is 5.01. The lowest BCUT2D eigenvalue weighted by Gasteiger charge is -2.31. The highest BCUT2D eigenvalue weighted by Crippen LogP contribution is 2.18. The van der Waals surface area contributed by atoms with Crippen LogP contribution in [0.5, 0.6) is 0 Å². The van der Waals surface area contributed by atoms with Gasteiger partial charge in [0, 0.05) is 5.02 Å². The maximum Gasteiger partial charge on any atom is 0.259 e. The number of isocyanates is 1. The summed E-state index contributed by atoms with van der Waals surface area (Å²) in [5, 5.41) is 5.70. The standard InChI is InChI=1S/C11H14ClN3O/c1-11(2,3)15(13-8-16)14-10-6-4-9(12)5-7-10/h4-7,14H,1-3H3. The van der Waals surface area contributed by atoms with Gasteiger partial charge in [0.2, 0.25) is 0 Å². The predicted molar refractivity (Wildman–Crippen MR) is 64.8 cm³/mol. The number of benzene rings is 1. The van der Waals surface area contributed by atoms with Crippen LogP contribution < -0.4 is 5.43 Å². The minimum atomic E-state index is -0.322. The second-order valence-electron chi connectivity index (χ2n) is 4.29. The van der Waals surface area contributed by atoms with E-state index < -0.39 is 0 Å². The Balaban J connectivity index is 2.84. The van der Waals surface area contributed by atoms with Crippen LogP contribution in [0.1, 0.15) is 20.8 Å². The number of rotatable bonds is 3. The van der Waals surface area contributed by atoms with E-state index in [2.05, 4.69) is 10.5 Å². The van der Waals surface area contributed by atoms with Crippen molar-refractivity contribution < 1.29 is 4.79 Å². The third-order valence-electron chi connectivity index (χ3n) is 1.86. The van der Waals surface area contributed by atoms with Crippen LogP contribution in [0.15, 0.2) is 29.4 Å². The summed E-state index contributed by atoms with van der Waals surface area (Å²) in [4.78, 5) is 10.3. The van der Waals surface area contributed by atoms with Crippen LogP contribution >= 0.6 is 11.6 Å². The molecule has 0 aliphatic heterocycles. The minimum absolute atomic E-state index is 0.322.